The average molecular weight is 440 g/mol. The lowest BCUT2D eigenvalue weighted by Crippen LogP contribution is -2.46. The monoisotopic (exact) mass is 439 g/mol. The van der Waals surface area contributed by atoms with Gasteiger partial charge in [0.25, 0.3) is 0 Å². The minimum Gasteiger partial charge on any atom is -0.478 e. The number of hydrogen-bond donors (Lipinski definition) is 2. The van der Waals surface area contributed by atoms with Gasteiger partial charge < -0.3 is 25.2 Å². The number of carbonyl (C=O) groups is 1. The second-order valence-electron chi connectivity index (χ2n) is 8.31. The van der Waals surface area contributed by atoms with Crippen LogP contribution in [-0.2, 0) is 6.54 Å². The van der Waals surface area contributed by atoms with E-state index in [0.717, 1.165) is 43.1 Å². The van der Waals surface area contributed by atoms with Crippen molar-refractivity contribution in [1.82, 2.24) is 25.2 Å². The molecule has 0 aliphatic carbocycles. The summed E-state index contributed by atoms with van der Waals surface area (Å²) in [7, 11) is 0. The Morgan fingerprint density at radius 1 is 1.09 bits per heavy atom. The molecule has 0 bridgehead atoms. The summed E-state index contributed by atoms with van der Waals surface area (Å²) >= 11 is 0. The van der Waals surface area contributed by atoms with Crippen LogP contribution in [0.15, 0.2) is 30.7 Å². The number of amides is 2. The van der Waals surface area contributed by atoms with Crippen LogP contribution in [0.2, 0.25) is 0 Å². The lowest BCUT2D eigenvalue weighted by molar-refractivity contribution is 0.183. The van der Waals surface area contributed by atoms with Crippen LogP contribution in [0, 0.1) is 0 Å². The summed E-state index contributed by atoms with van der Waals surface area (Å²) in [6.07, 6.45) is 8.89. The van der Waals surface area contributed by atoms with E-state index in [1.165, 1.54) is 25.6 Å². The third-order valence-corrected chi connectivity index (χ3v) is 6.00. The lowest BCUT2D eigenvalue weighted by Gasteiger charge is -2.32. The maximum absolute atomic E-state index is 12.6. The number of hydrogen-bond acceptors (Lipinski definition) is 7. The van der Waals surface area contributed by atoms with Gasteiger partial charge in [0.05, 0.1) is 6.61 Å². The lowest BCUT2D eigenvalue weighted by atomic mass is 10.1. The Bertz CT molecular complexity index is 863. The van der Waals surface area contributed by atoms with Gasteiger partial charge >= 0.3 is 6.03 Å². The zero-order valence-electron chi connectivity index (χ0n) is 18.8. The summed E-state index contributed by atoms with van der Waals surface area (Å²) in [6, 6.07) is 6.19. The van der Waals surface area contributed by atoms with Crippen molar-refractivity contribution in [1.29, 1.82) is 0 Å². The summed E-state index contributed by atoms with van der Waals surface area (Å²) in [6.45, 7) is 6.57. The van der Waals surface area contributed by atoms with Crippen molar-refractivity contribution in [3.63, 3.8) is 0 Å². The van der Waals surface area contributed by atoms with E-state index in [1.807, 2.05) is 24.1 Å². The number of likely N-dealkylation sites (tertiary alicyclic amines) is 1. The molecule has 2 aromatic rings. The zero-order valence-corrected chi connectivity index (χ0v) is 18.8. The van der Waals surface area contributed by atoms with E-state index < -0.39 is 0 Å². The number of anilines is 2. The Morgan fingerprint density at radius 2 is 1.91 bits per heavy atom. The molecule has 2 aromatic heterocycles. The Balaban J connectivity index is 1.19. The van der Waals surface area contributed by atoms with Gasteiger partial charge in [-0.25, -0.2) is 19.7 Å². The second-order valence-corrected chi connectivity index (χ2v) is 8.31. The van der Waals surface area contributed by atoms with Gasteiger partial charge in [0, 0.05) is 51.0 Å². The predicted molar refractivity (Wildman–Crippen MR) is 124 cm³/mol. The van der Waals surface area contributed by atoms with E-state index in [1.54, 1.807) is 0 Å². The van der Waals surface area contributed by atoms with E-state index in [-0.39, 0.29) is 12.1 Å². The molecular formula is C23H33N7O2. The summed E-state index contributed by atoms with van der Waals surface area (Å²) in [5.41, 5.74) is 1.02. The molecule has 2 saturated heterocycles. The minimum absolute atomic E-state index is 0.0239. The van der Waals surface area contributed by atoms with Gasteiger partial charge in [-0.2, -0.15) is 0 Å². The molecule has 9 heteroatoms. The van der Waals surface area contributed by atoms with Crippen molar-refractivity contribution in [3.05, 3.63) is 36.3 Å². The SMILES string of the molecule is CCOc1cc(NC2CCN(C(=O)NCc3ccc(N4CCCCC4)nc3)CC2)ncn1. The molecule has 32 heavy (non-hydrogen) atoms. The van der Waals surface area contributed by atoms with Gasteiger partial charge in [0.1, 0.15) is 18.0 Å². The Hall–Kier alpha value is -3.10. The van der Waals surface area contributed by atoms with Crippen LogP contribution < -0.4 is 20.3 Å². The van der Waals surface area contributed by atoms with Crippen molar-refractivity contribution < 1.29 is 9.53 Å². The average Bonchev–Trinajstić information content (AvgIpc) is 2.84. The molecule has 2 aliphatic heterocycles. The first-order valence-corrected chi connectivity index (χ1v) is 11.7. The highest BCUT2D eigenvalue weighted by atomic mass is 16.5. The highest BCUT2D eigenvalue weighted by molar-refractivity contribution is 5.74. The molecule has 0 radical (unpaired) electrons. The molecule has 2 N–H and O–H groups in total. The smallest absolute Gasteiger partial charge is 0.317 e. The molecule has 2 amide bonds. The zero-order chi connectivity index (χ0) is 22.2. The molecule has 172 valence electrons. The molecule has 0 saturated carbocycles. The van der Waals surface area contributed by atoms with Crippen molar-refractivity contribution in [2.45, 2.75) is 51.6 Å². The number of piperidine rings is 2. The van der Waals surface area contributed by atoms with Crippen LogP contribution in [0.3, 0.4) is 0 Å². The normalized spacial score (nSPS) is 17.2. The first kappa shape index (κ1) is 22.1. The first-order chi connectivity index (χ1) is 15.7. The Kier molecular flexibility index (Phi) is 7.58. The van der Waals surface area contributed by atoms with E-state index >= 15 is 0 Å². The van der Waals surface area contributed by atoms with Gasteiger partial charge in [0.15, 0.2) is 0 Å². The van der Waals surface area contributed by atoms with Gasteiger partial charge in [-0.1, -0.05) is 6.07 Å². The van der Waals surface area contributed by atoms with E-state index in [0.29, 0.717) is 32.1 Å². The topological polar surface area (TPSA) is 95.5 Å². The first-order valence-electron chi connectivity index (χ1n) is 11.7. The summed E-state index contributed by atoms with van der Waals surface area (Å²) < 4.78 is 5.43. The van der Waals surface area contributed by atoms with Crippen LogP contribution in [0.4, 0.5) is 16.4 Å². The molecule has 2 fully saturated rings. The van der Waals surface area contributed by atoms with E-state index in [9.17, 15) is 4.79 Å². The highest BCUT2D eigenvalue weighted by Crippen LogP contribution is 2.19. The predicted octanol–water partition coefficient (Wildman–Crippen LogP) is 3.05. The number of nitrogens with one attached hydrogen (secondary N) is 2. The molecule has 4 heterocycles. The second kappa shape index (κ2) is 11.0. The van der Waals surface area contributed by atoms with Crippen LogP contribution in [0.5, 0.6) is 5.88 Å². The summed E-state index contributed by atoms with van der Waals surface area (Å²) in [4.78, 5) is 29.8. The quantitative estimate of drug-likeness (QED) is 0.685. The molecule has 0 aromatic carbocycles. The minimum atomic E-state index is -0.0239. The number of rotatable bonds is 7. The highest BCUT2D eigenvalue weighted by Gasteiger charge is 2.23. The van der Waals surface area contributed by atoms with Crippen molar-refractivity contribution in [2.24, 2.45) is 0 Å². The van der Waals surface area contributed by atoms with Gasteiger partial charge in [-0.3, -0.25) is 0 Å². The number of ether oxygens (including phenoxy) is 1. The molecular weight excluding hydrogens is 406 g/mol. The number of carbonyl (C=O) groups excluding carboxylic acids is 1. The third kappa shape index (κ3) is 5.99. The van der Waals surface area contributed by atoms with Gasteiger partial charge in [-0.15, -0.1) is 0 Å². The maximum Gasteiger partial charge on any atom is 0.317 e. The third-order valence-electron chi connectivity index (χ3n) is 6.00. The molecule has 0 spiro atoms. The van der Waals surface area contributed by atoms with Crippen LogP contribution >= 0.6 is 0 Å². The molecule has 0 atom stereocenters. The maximum atomic E-state index is 12.6. The molecule has 4 rings (SSSR count). The van der Waals surface area contributed by atoms with E-state index in [2.05, 4.69) is 42.6 Å². The standard InChI is InChI=1S/C23H33N7O2/c1-2-32-22-14-20(26-17-27-22)28-19-8-12-30(13-9-19)23(31)25-16-18-6-7-21(24-15-18)29-10-4-3-5-11-29/h6-7,14-15,17,19H,2-5,8-13,16H2,1H3,(H,25,31)(H,26,27,28). The van der Waals surface area contributed by atoms with Gasteiger partial charge in [0.2, 0.25) is 5.88 Å². The molecule has 9 nitrogen and oxygen atoms in total. The number of nitrogens with zero attached hydrogens (tertiary/aromatic N) is 5. The largest absolute Gasteiger partial charge is 0.478 e. The molecule has 2 aliphatic rings. The Morgan fingerprint density at radius 3 is 2.62 bits per heavy atom. The van der Waals surface area contributed by atoms with Crippen molar-refractivity contribution in [3.8, 4) is 5.88 Å². The van der Waals surface area contributed by atoms with Crippen molar-refractivity contribution in [2.75, 3.05) is 43.0 Å². The van der Waals surface area contributed by atoms with Crippen LogP contribution in [-0.4, -0.2) is 64.7 Å². The molecule has 0 unspecified atom stereocenters. The van der Waals surface area contributed by atoms with Crippen LogP contribution in [0.25, 0.3) is 0 Å². The fourth-order valence-corrected chi connectivity index (χ4v) is 4.20. The fourth-order valence-electron chi connectivity index (χ4n) is 4.20. The fraction of sp³-hybridized carbons (Fsp3) is 0.565. The number of aromatic nitrogens is 3. The van der Waals surface area contributed by atoms with Gasteiger partial charge in [-0.05, 0) is 50.7 Å². The summed E-state index contributed by atoms with van der Waals surface area (Å²) in [5.74, 6) is 2.36. The number of urea groups is 1. The van der Waals surface area contributed by atoms with E-state index in [4.69, 9.17) is 4.74 Å². The Labute approximate surface area is 189 Å². The van der Waals surface area contributed by atoms with Crippen molar-refractivity contribution >= 4 is 17.7 Å². The summed E-state index contributed by atoms with van der Waals surface area (Å²) in [5, 5.41) is 6.46. The van der Waals surface area contributed by atoms with Crippen LogP contribution in [0.1, 0.15) is 44.6 Å². The number of pyridine rings is 1.